The number of thiophene rings is 1. The average Bonchev–Trinajstić information content (AvgIpc) is 2.73. The minimum atomic E-state index is -0.479. The van der Waals surface area contributed by atoms with Gasteiger partial charge in [-0.3, -0.25) is 4.79 Å². The molecule has 94 valence electrons. The summed E-state index contributed by atoms with van der Waals surface area (Å²) in [5, 5.41) is 3.18. The summed E-state index contributed by atoms with van der Waals surface area (Å²) in [5.41, 5.74) is 12.7. The first kappa shape index (κ1) is 12.4. The fourth-order valence-electron chi connectivity index (χ4n) is 1.73. The lowest BCUT2D eigenvalue weighted by Crippen LogP contribution is -2.15. The SMILES string of the molecule is Cc1ccc(CNc2c(N)cccc2C(N)=O)s1. The monoisotopic (exact) mass is 261 g/mol. The van der Waals surface area contributed by atoms with Crippen molar-refractivity contribution in [1.29, 1.82) is 0 Å². The van der Waals surface area contributed by atoms with E-state index < -0.39 is 5.91 Å². The van der Waals surface area contributed by atoms with Gasteiger partial charge in [-0.1, -0.05) is 6.07 Å². The Labute approximate surface area is 110 Å². The van der Waals surface area contributed by atoms with Gasteiger partial charge in [-0.2, -0.15) is 0 Å². The molecule has 2 rings (SSSR count). The second-order valence-corrected chi connectivity index (χ2v) is 5.37. The molecule has 5 heteroatoms. The normalized spacial score (nSPS) is 10.3. The number of nitrogens with two attached hydrogens (primary N) is 2. The van der Waals surface area contributed by atoms with Gasteiger partial charge >= 0.3 is 0 Å². The van der Waals surface area contributed by atoms with Crippen LogP contribution in [-0.4, -0.2) is 5.91 Å². The maximum Gasteiger partial charge on any atom is 0.250 e. The van der Waals surface area contributed by atoms with Crippen molar-refractivity contribution in [1.82, 2.24) is 0 Å². The van der Waals surface area contributed by atoms with Gasteiger partial charge in [-0.25, -0.2) is 0 Å². The fourth-order valence-corrected chi connectivity index (χ4v) is 2.56. The Morgan fingerprint density at radius 3 is 2.72 bits per heavy atom. The summed E-state index contributed by atoms with van der Waals surface area (Å²) < 4.78 is 0. The fraction of sp³-hybridized carbons (Fsp3) is 0.154. The molecule has 0 fully saturated rings. The number of nitrogens with one attached hydrogen (secondary N) is 1. The number of hydrogen-bond acceptors (Lipinski definition) is 4. The zero-order valence-electron chi connectivity index (χ0n) is 10.1. The molecule has 18 heavy (non-hydrogen) atoms. The van der Waals surface area contributed by atoms with E-state index in [4.69, 9.17) is 11.5 Å². The molecule has 4 nitrogen and oxygen atoms in total. The van der Waals surface area contributed by atoms with E-state index in [-0.39, 0.29) is 0 Å². The summed E-state index contributed by atoms with van der Waals surface area (Å²) in [6, 6.07) is 9.24. The van der Waals surface area contributed by atoms with Crippen LogP contribution in [0.3, 0.4) is 0 Å². The molecule has 2 aromatic rings. The smallest absolute Gasteiger partial charge is 0.250 e. The molecule has 0 spiro atoms. The topological polar surface area (TPSA) is 81.1 Å². The number of primary amides is 1. The van der Waals surface area contributed by atoms with Crippen molar-refractivity contribution in [3.63, 3.8) is 0 Å². The third kappa shape index (κ3) is 2.62. The minimum Gasteiger partial charge on any atom is -0.397 e. The van der Waals surface area contributed by atoms with Gasteiger partial charge < -0.3 is 16.8 Å². The zero-order chi connectivity index (χ0) is 13.1. The van der Waals surface area contributed by atoms with Crippen LogP contribution < -0.4 is 16.8 Å². The van der Waals surface area contributed by atoms with Crippen molar-refractivity contribution in [2.75, 3.05) is 11.1 Å². The Bertz CT molecular complexity index is 577. The molecule has 1 aromatic heterocycles. The van der Waals surface area contributed by atoms with Crippen LogP contribution in [0.4, 0.5) is 11.4 Å². The van der Waals surface area contributed by atoms with Crippen LogP contribution in [0.1, 0.15) is 20.1 Å². The van der Waals surface area contributed by atoms with Gasteiger partial charge in [0.1, 0.15) is 0 Å². The number of anilines is 2. The third-order valence-electron chi connectivity index (χ3n) is 2.60. The van der Waals surface area contributed by atoms with Gasteiger partial charge in [0, 0.05) is 16.3 Å². The molecule has 0 saturated carbocycles. The van der Waals surface area contributed by atoms with Gasteiger partial charge in [-0.05, 0) is 31.2 Å². The van der Waals surface area contributed by atoms with Gasteiger partial charge in [-0.15, -0.1) is 11.3 Å². The molecule has 1 aromatic carbocycles. The highest BCUT2D eigenvalue weighted by Gasteiger charge is 2.10. The molecule has 5 N–H and O–H groups in total. The van der Waals surface area contributed by atoms with Crippen molar-refractivity contribution in [3.8, 4) is 0 Å². The maximum atomic E-state index is 11.3. The van der Waals surface area contributed by atoms with E-state index in [1.807, 2.05) is 0 Å². The van der Waals surface area contributed by atoms with Crippen LogP contribution in [0.25, 0.3) is 0 Å². The Kier molecular flexibility index (Phi) is 3.53. The highest BCUT2D eigenvalue weighted by molar-refractivity contribution is 7.11. The standard InChI is InChI=1S/C13H15N3OS/c1-8-5-6-9(18-8)7-16-12-10(13(15)17)3-2-4-11(12)14/h2-6,16H,7,14H2,1H3,(H2,15,17). The maximum absolute atomic E-state index is 11.3. The number of rotatable bonds is 4. The molecule has 1 heterocycles. The first-order valence-electron chi connectivity index (χ1n) is 5.55. The quantitative estimate of drug-likeness (QED) is 0.739. The van der Waals surface area contributed by atoms with E-state index in [0.29, 0.717) is 23.5 Å². The zero-order valence-corrected chi connectivity index (χ0v) is 10.9. The van der Waals surface area contributed by atoms with Crippen LogP contribution in [0.5, 0.6) is 0 Å². The van der Waals surface area contributed by atoms with Gasteiger partial charge in [0.05, 0.1) is 16.9 Å². The summed E-state index contributed by atoms with van der Waals surface area (Å²) in [4.78, 5) is 13.8. The lowest BCUT2D eigenvalue weighted by atomic mass is 10.1. The summed E-state index contributed by atoms with van der Waals surface area (Å²) in [5.74, 6) is -0.479. The lowest BCUT2D eigenvalue weighted by Gasteiger charge is -2.11. The second-order valence-electron chi connectivity index (χ2n) is 4.00. The number of amides is 1. The second kappa shape index (κ2) is 5.10. The van der Waals surface area contributed by atoms with Crippen molar-refractivity contribution in [3.05, 3.63) is 45.6 Å². The van der Waals surface area contributed by atoms with Gasteiger partial charge in [0.25, 0.3) is 5.91 Å². The average molecular weight is 261 g/mol. The summed E-state index contributed by atoms with van der Waals surface area (Å²) in [6.45, 7) is 2.69. The number of hydrogen-bond donors (Lipinski definition) is 3. The molecule has 1 amide bonds. The van der Waals surface area contributed by atoms with E-state index in [9.17, 15) is 4.79 Å². The number of aryl methyl sites for hydroxylation is 1. The van der Waals surface area contributed by atoms with Crippen LogP contribution in [0.2, 0.25) is 0 Å². The predicted octanol–water partition coefficient (Wildman–Crippen LogP) is 2.35. The number of carbonyl (C=O) groups excluding carboxylic acids is 1. The Morgan fingerprint density at radius 2 is 2.11 bits per heavy atom. The van der Waals surface area contributed by atoms with Crippen LogP contribution in [-0.2, 0) is 6.54 Å². The Morgan fingerprint density at radius 1 is 1.33 bits per heavy atom. The molecular weight excluding hydrogens is 246 g/mol. The molecule has 0 unspecified atom stereocenters. The molecule has 0 aliphatic heterocycles. The first-order chi connectivity index (χ1) is 8.58. The third-order valence-corrected chi connectivity index (χ3v) is 3.60. The molecule has 0 bridgehead atoms. The van der Waals surface area contributed by atoms with Crippen LogP contribution in [0, 0.1) is 6.92 Å². The largest absolute Gasteiger partial charge is 0.397 e. The van der Waals surface area contributed by atoms with E-state index in [1.165, 1.54) is 9.75 Å². The first-order valence-corrected chi connectivity index (χ1v) is 6.37. The van der Waals surface area contributed by atoms with Crippen molar-refractivity contribution < 1.29 is 4.79 Å². The molecule has 0 aliphatic rings. The molecule has 0 aliphatic carbocycles. The molecule has 0 saturated heterocycles. The summed E-state index contributed by atoms with van der Waals surface area (Å²) in [7, 11) is 0. The molecular formula is C13H15N3OS. The minimum absolute atomic E-state index is 0.420. The number of benzene rings is 1. The van der Waals surface area contributed by atoms with Crippen molar-refractivity contribution in [2.45, 2.75) is 13.5 Å². The number of para-hydroxylation sites is 1. The number of carbonyl (C=O) groups is 1. The number of nitrogen functional groups attached to an aromatic ring is 1. The summed E-state index contributed by atoms with van der Waals surface area (Å²) >= 11 is 1.71. The molecule has 0 atom stereocenters. The van der Waals surface area contributed by atoms with E-state index in [1.54, 1.807) is 29.5 Å². The van der Waals surface area contributed by atoms with Crippen molar-refractivity contribution in [2.24, 2.45) is 5.73 Å². The lowest BCUT2D eigenvalue weighted by molar-refractivity contribution is 0.100. The van der Waals surface area contributed by atoms with E-state index in [2.05, 4.69) is 24.4 Å². The Balaban J connectivity index is 2.20. The highest BCUT2D eigenvalue weighted by Crippen LogP contribution is 2.25. The Hall–Kier alpha value is -2.01. The van der Waals surface area contributed by atoms with Crippen LogP contribution >= 0.6 is 11.3 Å². The van der Waals surface area contributed by atoms with E-state index in [0.717, 1.165) is 0 Å². The van der Waals surface area contributed by atoms with Crippen molar-refractivity contribution >= 4 is 28.6 Å². The van der Waals surface area contributed by atoms with Crippen LogP contribution in [0.15, 0.2) is 30.3 Å². The highest BCUT2D eigenvalue weighted by atomic mass is 32.1. The predicted molar refractivity (Wildman–Crippen MR) is 75.8 cm³/mol. The van der Waals surface area contributed by atoms with Gasteiger partial charge in [0.2, 0.25) is 0 Å². The van der Waals surface area contributed by atoms with E-state index >= 15 is 0 Å². The molecule has 0 radical (unpaired) electrons. The van der Waals surface area contributed by atoms with Gasteiger partial charge in [0.15, 0.2) is 0 Å². The summed E-state index contributed by atoms with van der Waals surface area (Å²) in [6.07, 6.45) is 0.